The van der Waals surface area contributed by atoms with Gasteiger partial charge in [0, 0.05) is 12.8 Å². The van der Waals surface area contributed by atoms with Gasteiger partial charge in [0.05, 0.1) is 0 Å². The van der Waals surface area contributed by atoms with Crippen LogP contribution in [-0.4, -0.2) is 41.6 Å². The molecule has 2 atom stereocenters. The molecule has 0 rings (SSSR count). The lowest BCUT2D eigenvalue weighted by Crippen LogP contribution is -2.40. The number of amides is 1. The Balaban J connectivity index is 4.17. The summed E-state index contributed by atoms with van der Waals surface area (Å²) in [6.45, 7) is 4.70. The van der Waals surface area contributed by atoms with Gasteiger partial charge >= 0.3 is 11.9 Å². The molecule has 0 bridgehead atoms. The Morgan fingerprint density at radius 2 is 1.17 bits per heavy atom. The van der Waals surface area contributed by atoms with E-state index in [2.05, 4.69) is 86.0 Å². The first-order valence-corrected chi connectivity index (χ1v) is 17.8. The van der Waals surface area contributed by atoms with E-state index in [1.54, 1.807) is 0 Å². The van der Waals surface area contributed by atoms with Crippen LogP contribution in [0.4, 0.5) is 0 Å². The normalized spacial score (nSPS) is 13.6. The van der Waals surface area contributed by atoms with E-state index in [0.717, 1.165) is 83.5 Å². The van der Waals surface area contributed by atoms with Gasteiger partial charge in [0.2, 0.25) is 5.91 Å². The number of unbranched alkanes of at least 4 members (excludes halogenated alkanes) is 4. The minimum Gasteiger partial charge on any atom is -0.480 e. The molecule has 7 heteroatoms. The average Bonchev–Trinajstić information content (AvgIpc) is 3.03. The number of carboxylic acid groups (broad SMARTS) is 1. The third-order valence-corrected chi connectivity index (χ3v) is 7.30. The molecule has 0 aromatic carbocycles. The smallest absolute Gasteiger partial charge is 0.326 e. The number of ether oxygens (including phenoxy) is 1. The molecule has 0 saturated heterocycles. The summed E-state index contributed by atoms with van der Waals surface area (Å²) < 4.78 is 5.82. The number of carbonyl (C=O) groups is 3. The van der Waals surface area contributed by atoms with Gasteiger partial charge in [0.1, 0.15) is 12.1 Å². The van der Waals surface area contributed by atoms with Crippen molar-refractivity contribution in [2.75, 3.05) is 6.54 Å². The lowest BCUT2D eigenvalue weighted by atomic mass is 10.0. The van der Waals surface area contributed by atoms with Gasteiger partial charge in [-0.05, 0) is 96.4 Å². The number of nitrogens with one attached hydrogen (secondary N) is 1. The number of carboxylic acids is 1. The number of carbonyl (C=O) groups excluding carboxylic acids is 2. The summed E-state index contributed by atoms with van der Waals surface area (Å²) in [7, 11) is 0. The molecule has 0 radical (unpaired) electrons. The summed E-state index contributed by atoms with van der Waals surface area (Å²) in [6.07, 6.45) is 41.2. The van der Waals surface area contributed by atoms with E-state index in [0.29, 0.717) is 45.1 Å². The van der Waals surface area contributed by atoms with E-state index in [4.69, 9.17) is 10.5 Å². The van der Waals surface area contributed by atoms with Crippen molar-refractivity contribution in [1.82, 2.24) is 5.32 Å². The highest BCUT2D eigenvalue weighted by atomic mass is 16.5. The monoisotopic (exact) mass is 640 g/mol. The second-order valence-electron chi connectivity index (χ2n) is 11.6. The second-order valence-corrected chi connectivity index (χ2v) is 11.6. The van der Waals surface area contributed by atoms with Crippen molar-refractivity contribution >= 4 is 17.8 Å². The van der Waals surface area contributed by atoms with Crippen LogP contribution in [0, 0.1) is 0 Å². The zero-order valence-corrected chi connectivity index (χ0v) is 28.9. The van der Waals surface area contributed by atoms with Gasteiger partial charge in [0.15, 0.2) is 0 Å². The first-order valence-electron chi connectivity index (χ1n) is 17.8. The molecule has 0 saturated carbocycles. The third-order valence-electron chi connectivity index (χ3n) is 7.30. The molecule has 4 N–H and O–H groups in total. The van der Waals surface area contributed by atoms with E-state index >= 15 is 0 Å². The van der Waals surface area contributed by atoms with E-state index < -0.39 is 12.0 Å². The van der Waals surface area contributed by atoms with Crippen LogP contribution in [-0.2, 0) is 19.1 Å². The maximum absolute atomic E-state index is 12.5. The lowest BCUT2D eigenvalue weighted by Gasteiger charge is -2.18. The van der Waals surface area contributed by atoms with E-state index in [-0.39, 0.29) is 18.0 Å². The first kappa shape index (κ1) is 42.8. The molecule has 7 nitrogen and oxygen atoms in total. The maximum atomic E-state index is 12.5. The van der Waals surface area contributed by atoms with Crippen LogP contribution < -0.4 is 11.1 Å². The Morgan fingerprint density at radius 1 is 0.652 bits per heavy atom. The second kappa shape index (κ2) is 33.2. The van der Waals surface area contributed by atoms with Crippen molar-refractivity contribution in [3.05, 3.63) is 72.9 Å². The Hall–Kier alpha value is -3.19. The lowest BCUT2D eigenvalue weighted by molar-refractivity contribution is -0.149. The fourth-order valence-electron chi connectivity index (χ4n) is 4.65. The summed E-state index contributed by atoms with van der Waals surface area (Å²) in [5.41, 5.74) is 5.45. The van der Waals surface area contributed by atoms with Gasteiger partial charge < -0.3 is 20.9 Å². The summed E-state index contributed by atoms with van der Waals surface area (Å²) in [5, 5.41) is 11.8. The molecular weight excluding hydrogens is 576 g/mol. The molecular formula is C39H64N2O5. The van der Waals surface area contributed by atoms with Gasteiger partial charge in [-0.15, -0.1) is 0 Å². The van der Waals surface area contributed by atoms with Crippen molar-refractivity contribution in [1.29, 1.82) is 0 Å². The van der Waals surface area contributed by atoms with E-state index in [9.17, 15) is 19.5 Å². The summed E-state index contributed by atoms with van der Waals surface area (Å²) in [4.78, 5) is 35.9. The fraction of sp³-hybridized carbons (Fsp3) is 0.615. The van der Waals surface area contributed by atoms with E-state index in [1.165, 1.54) is 0 Å². The van der Waals surface area contributed by atoms with Gasteiger partial charge in [-0.2, -0.15) is 0 Å². The number of rotatable bonds is 30. The molecule has 1 amide bonds. The van der Waals surface area contributed by atoms with Crippen LogP contribution >= 0.6 is 0 Å². The van der Waals surface area contributed by atoms with Gasteiger partial charge in [-0.3, -0.25) is 9.59 Å². The highest BCUT2D eigenvalue weighted by Crippen LogP contribution is 2.16. The predicted molar refractivity (Wildman–Crippen MR) is 192 cm³/mol. The SMILES string of the molecule is CC/C=C\C/C=C\C/C=C\C/C=C\C/C=C\C/C=C\CCC(=O)OC(CCCCC)CCCCCC(=O)NC(CCCN)C(=O)O. The van der Waals surface area contributed by atoms with Crippen molar-refractivity contribution < 1.29 is 24.2 Å². The zero-order chi connectivity index (χ0) is 33.9. The van der Waals surface area contributed by atoms with Crippen LogP contribution in [0.1, 0.15) is 136 Å². The number of esters is 1. The number of aliphatic carboxylic acids is 1. The molecule has 2 unspecified atom stereocenters. The fourth-order valence-corrected chi connectivity index (χ4v) is 4.65. The molecule has 0 spiro atoms. The van der Waals surface area contributed by atoms with Gasteiger partial charge in [-0.25, -0.2) is 4.79 Å². The molecule has 0 aromatic rings. The van der Waals surface area contributed by atoms with Crippen LogP contribution in [0.25, 0.3) is 0 Å². The Kier molecular flexibility index (Phi) is 30.9. The van der Waals surface area contributed by atoms with Crippen molar-refractivity contribution in [2.24, 2.45) is 5.73 Å². The Bertz CT molecular complexity index is 948. The van der Waals surface area contributed by atoms with Gasteiger partial charge in [-0.1, -0.05) is 106 Å². The molecule has 0 fully saturated rings. The number of nitrogens with two attached hydrogens (primary N) is 1. The predicted octanol–water partition coefficient (Wildman–Crippen LogP) is 9.22. The van der Waals surface area contributed by atoms with Crippen molar-refractivity contribution in [3.8, 4) is 0 Å². The number of hydrogen-bond acceptors (Lipinski definition) is 5. The highest BCUT2D eigenvalue weighted by molar-refractivity contribution is 5.83. The first-order chi connectivity index (χ1) is 22.4. The van der Waals surface area contributed by atoms with Crippen LogP contribution in [0.5, 0.6) is 0 Å². The largest absolute Gasteiger partial charge is 0.480 e. The minimum atomic E-state index is -1.03. The molecule has 0 aromatic heterocycles. The minimum absolute atomic E-state index is 0.0918. The molecule has 0 aliphatic heterocycles. The zero-order valence-electron chi connectivity index (χ0n) is 28.9. The Labute approximate surface area is 280 Å². The van der Waals surface area contributed by atoms with Crippen LogP contribution in [0.3, 0.4) is 0 Å². The molecule has 0 heterocycles. The summed E-state index contributed by atoms with van der Waals surface area (Å²) in [6, 6.07) is -0.883. The summed E-state index contributed by atoms with van der Waals surface area (Å²) >= 11 is 0. The van der Waals surface area contributed by atoms with Crippen LogP contribution in [0.15, 0.2) is 72.9 Å². The van der Waals surface area contributed by atoms with Gasteiger partial charge in [0.25, 0.3) is 0 Å². The van der Waals surface area contributed by atoms with Crippen molar-refractivity contribution in [3.63, 3.8) is 0 Å². The topological polar surface area (TPSA) is 119 Å². The third kappa shape index (κ3) is 29.5. The number of allylic oxidation sites excluding steroid dienone is 12. The standard InChI is InChI=1S/C39H64N2O5/c1-3-5-7-8-9-10-11-12-13-14-15-16-17-18-19-20-21-22-27-33-38(43)46-35(29-24-6-4-2)30-25-23-26-32-37(42)41-36(39(44)45)31-28-34-40/h5,7,9-10,12-13,15-16,18-19,21-22,35-36H,3-4,6,8,11,14,17,20,23-34,40H2,1-2H3,(H,41,42)(H,44,45)/b7-5-,10-9-,13-12-,16-15-,19-18-,22-21-. The molecule has 46 heavy (non-hydrogen) atoms. The number of hydrogen-bond donors (Lipinski definition) is 3. The molecule has 260 valence electrons. The van der Waals surface area contributed by atoms with Crippen molar-refractivity contribution in [2.45, 2.75) is 148 Å². The van der Waals surface area contributed by atoms with E-state index in [1.807, 2.05) is 6.08 Å². The molecule has 0 aliphatic rings. The highest BCUT2D eigenvalue weighted by Gasteiger charge is 2.19. The van der Waals surface area contributed by atoms with Crippen LogP contribution in [0.2, 0.25) is 0 Å². The summed E-state index contributed by atoms with van der Waals surface area (Å²) in [5.74, 6) is -1.43. The maximum Gasteiger partial charge on any atom is 0.326 e. The quantitative estimate of drug-likeness (QED) is 0.0409. The Morgan fingerprint density at radius 3 is 1.67 bits per heavy atom. The molecule has 0 aliphatic carbocycles. The average molecular weight is 641 g/mol.